The van der Waals surface area contributed by atoms with E-state index in [9.17, 15) is 9.59 Å². The van der Waals surface area contributed by atoms with Gasteiger partial charge in [0.2, 0.25) is 5.91 Å². The highest BCUT2D eigenvalue weighted by atomic mass is 32.2. The molecule has 150 valence electrons. The summed E-state index contributed by atoms with van der Waals surface area (Å²) in [4.78, 5) is 29.7. The van der Waals surface area contributed by atoms with Crippen LogP contribution >= 0.6 is 11.8 Å². The zero-order chi connectivity index (χ0) is 20.5. The number of rotatable bonds is 9. The van der Waals surface area contributed by atoms with Crippen molar-refractivity contribution >= 4 is 29.3 Å². The van der Waals surface area contributed by atoms with Gasteiger partial charge in [-0.25, -0.2) is 0 Å². The van der Waals surface area contributed by atoms with Gasteiger partial charge >= 0.3 is 0 Å². The second kappa shape index (κ2) is 10.9. The minimum Gasteiger partial charge on any atom is -0.332 e. The normalized spacial score (nSPS) is 10.8. The van der Waals surface area contributed by atoms with E-state index in [1.165, 1.54) is 10.5 Å². The SMILES string of the molecule is CCN(CC)Cc1ccc(C(=O)N(C)CC(=O)Nc2ccccc2SC)cc1. The first-order valence-corrected chi connectivity index (χ1v) is 10.7. The molecule has 6 heteroatoms. The average molecular weight is 400 g/mol. The second-order valence-corrected chi connectivity index (χ2v) is 7.42. The predicted molar refractivity (Wildman–Crippen MR) is 117 cm³/mol. The molecule has 2 aromatic rings. The van der Waals surface area contributed by atoms with Gasteiger partial charge in [-0.15, -0.1) is 11.8 Å². The summed E-state index contributed by atoms with van der Waals surface area (Å²) < 4.78 is 0. The molecule has 0 fully saturated rings. The highest BCUT2D eigenvalue weighted by Gasteiger charge is 2.16. The first-order chi connectivity index (χ1) is 13.5. The maximum Gasteiger partial charge on any atom is 0.254 e. The van der Waals surface area contributed by atoms with Crippen LogP contribution in [0, 0.1) is 0 Å². The smallest absolute Gasteiger partial charge is 0.254 e. The predicted octanol–water partition coefficient (Wildman–Crippen LogP) is 3.96. The molecule has 0 spiro atoms. The molecule has 0 aromatic heterocycles. The minimum absolute atomic E-state index is 0.00273. The number of likely N-dealkylation sites (N-methyl/N-ethyl adjacent to an activating group) is 1. The number of carbonyl (C=O) groups is 2. The number of amides is 2. The Morgan fingerprint density at radius 1 is 1.00 bits per heavy atom. The lowest BCUT2D eigenvalue weighted by molar-refractivity contribution is -0.116. The molecule has 5 nitrogen and oxygen atoms in total. The fourth-order valence-electron chi connectivity index (χ4n) is 2.90. The zero-order valence-electron chi connectivity index (χ0n) is 17.1. The Bertz CT molecular complexity index is 789. The van der Waals surface area contributed by atoms with Crippen molar-refractivity contribution in [2.45, 2.75) is 25.3 Å². The summed E-state index contributed by atoms with van der Waals surface area (Å²) in [6.45, 7) is 7.14. The largest absolute Gasteiger partial charge is 0.332 e. The van der Waals surface area contributed by atoms with Crippen LogP contribution in [0.25, 0.3) is 0 Å². The van der Waals surface area contributed by atoms with Gasteiger partial charge in [0.05, 0.1) is 12.2 Å². The van der Waals surface area contributed by atoms with Crippen LogP contribution in [0.1, 0.15) is 29.8 Å². The molecule has 0 saturated heterocycles. The van der Waals surface area contributed by atoms with Crippen LogP contribution in [-0.2, 0) is 11.3 Å². The second-order valence-electron chi connectivity index (χ2n) is 6.57. The van der Waals surface area contributed by atoms with E-state index in [2.05, 4.69) is 24.1 Å². The third-order valence-corrected chi connectivity index (χ3v) is 5.41. The fourth-order valence-corrected chi connectivity index (χ4v) is 3.46. The van der Waals surface area contributed by atoms with Crippen molar-refractivity contribution in [2.75, 3.05) is 38.3 Å². The van der Waals surface area contributed by atoms with Crippen LogP contribution in [0.15, 0.2) is 53.4 Å². The Labute approximate surface area is 172 Å². The van der Waals surface area contributed by atoms with Crippen LogP contribution < -0.4 is 5.32 Å². The Kier molecular flexibility index (Phi) is 8.54. The topological polar surface area (TPSA) is 52.7 Å². The Morgan fingerprint density at radius 3 is 2.25 bits per heavy atom. The lowest BCUT2D eigenvalue weighted by Crippen LogP contribution is -2.35. The molecule has 2 aromatic carbocycles. The van der Waals surface area contributed by atoms with Gasteiger partial charge in [0.15, 0.2) is 0 Å². The van der Waals surface area contributed by atoms with E-state index in [1.807, 2.05) is 54.8 Å². The fraction of sp³-hybridized carbons (Fsp3) is 0.364. The van der Waals surface area contributed by atoms with Crippen molar-refractivity contribution in [1.29, 1.82) is 0 Å². The molecule has 0 saturated carbocycles. The number of benzene rings is 2. The van der Waals surface area contributed by atoms with Gasteiger partial charge in [-0.3, -0.25) is 14.5 Å². The standard InChI is InChI=1S/C22H29N3O2S/c1-5-25(6-2)15-17-11-13-18(14-12-17)22(27)24(3)16-21(26)23-19-9-7-8-10-20(19)28-4/h7-14H,5-6,15-16H2,1-4H3,(H,23,26). The third kappa shape index (κ3) is 6.11. The van der Waals surface area contributed by atoms with Gasteiger partial charge < -0.3 is 10.2 Å². The quantitative estimate of drug-likeness (QED) is 0.649. The van der Waals surface area contributed by atoms with Crippen LogP contribution in [0.2, 0.25) is 0 Å². The molecule has 0 heterocycles. The van der Waals surface area contributed by atoms with Crippen molar-refractivity contribution in [3.05, 3.63) is 59.7 Å². The van der Waals surface area contributed by atoms with Gasteiger partial charge in [0, 0.05) is 24.1 Å². The molecule has 0 aliphatic carbocycles. The molecule has 0 bridgehead atoms. The molecule has 28 heavy (non-hydrogen) atoms. The van der Waals surface area contributed by atoms with E-state index in [1.54, 1.807) is 18.8 Å². The number of hydrogen-bond acceptors (Lipinski definition) is 4. The van der Waals surface area contributed by atoms with Crippen molar-refractivity contribution in [3.63, 3.8) is 0 Å². The zero-order valence-corrected chi connectivity index (χ0v) is 17.9. The summed E-state index contributed by atoms with van der Waals surface area (Å²) >= 11 is 1.57. The number of para-hydroxylation sites is 1. The molecule has 1 N–H and O–H groups in total. The lowest BCUT2D eigenvalue weighted by Gasteiger charge is -2.19. The third-order valence-electron chi connectivity index (χ3n) is 4.61. The summed E-state index contributed by atoms with van der Waals surface area (Å²) in [7, 11) is 1.65. The van der Waals surface area contributed by atoms with Crippen LogP contribution in [0.3, 0.4) is 0 Å². The molecule has 2 rings (SSSR count). The van der Waals surface area contributed by atoms with Gasteiger partial charge in [0.1, 0.15) is 0 Å². The maximum atomic E-state index is 12.6. The maximum absolute atomic E-state index is 12.6. The summed E-state index contributed by atoms with van der Waals surface area (Å²) in [5, 5.41) is 2.88. The van der Waals surface area contributed by atoms with E-state index in [4.69, 9.17) is 0 Å². The van der Waals surface area contributed by atoms with E-state index in [0.717, 1.165) is 30.2 Å². The summed E-state index contributed by atoms with van der Waals surface area (Å²) in [5.74, 6) is -0.377. The highest BCUT2D eigenvalue weighted by Crippen LogP contribution is 2.24. The molecular formula is C22H29N3O2S. The molecule has 0 radical (unpaired) electrons. The molecule has 2 amide bonds. The molecule has 0 aliphatic heterocycles. The Morgan fingerprint density at radius 2 is 1.64 bits per heavy atom. The van der Waals surface area contributed by atoms with Crippen molar-refractivity contribution in [2.24, 2.45) is 0 Å². The van der Waals surface area contributed by atoms with Gasteiger partial charge in [-0.1, -0.05) is 38.1 Å². The minimum atomic E-state index is -0.212. The number of nitrogens with one attached hydrogen (secondary N) is 1. The van der Waals surface area contributed by atoms with Crippen molar-refractivity contribution in [3.8, 4) is 0 Å². The molecule has 0 aliphatic rings. The summed E-state index contributed by atoms with van der Waals surface area (Å²) in [5.41, 5.74) is 2.53. The van der Waals surface area contributed by atoms with Crippen LogP contribution in [0.5, 0.6) is 0 Å². The summed E-state index contributed by atoms with van der Waals surface area (Å²) in [6, 6.07) is 15.2. The Balaban J connectivity index is 1.95. The van der Waals surface area contributed by atoms with Crippen LogP contribution in [-0.4, -0.2) is 54.6 Å². The van der Waals surface area contributed by atoms with Crippen LogP contribution in [0.4, 0.5) is 5.69 Å². The first kappa shape index (κ1) is 22.0. The number of carbonyl (C=O) groups excluding carboxylic acids is 2. The van der Waals surface area contributed by atoms with E-state index < -0.39 is 0 Å². The van der Waals surface area contributed by atoms with E-state index in [0.29, 0.717) is 5.56 Å². The van der Waals surface area contributed by atoms with E-state index >= 15 is 0 Å². The van der Waals surface area contributed by atoms with Gasteiger partial charge in [-0.2, -0.15) is 0 Å². The van der Waals surface area contributed by atoms with Crippen molar-refractivity contribution in [1.82, 2.24) is 9.80 Å². The number of nitrogens with zero attached hydrogens (tertiary/aromatic N) is 2. The van der Waals surface area contributed by atoms with Crippen molar-refractivity contribution < 1.29 is 9.59 Å². The monoisotopic (exact) mass is 399 g/mol. The first-order valence-electron chi connectivity index (χ1n) is 9.48. The number of hydrogen-bond donors (Lipinski definition) is 1. The number of thioether (sulfide) groups is 1. The van der Waals surface area contributed by atoms with Gasteiger partial charge in [-0.05, 0) is 49.2 Å². The molecule has 0 atom stereocenters. The average Bonchev–Trinajstić information content (AvgIpc) is 2.72. The molecular weight excluding hydrogens is 370 g/mol. The highest BCUT2D eigenvalue weighted by molar-refractivity contribution is 7.98. The lowest BCUT2D eigenvalue weighted by atomic mass is 10.1. The molecule has 0 unspecified atom stereocenters. The van der Waals surface area contributed by atoms with Gasteiger partial charge in [0.25, 0.3) is 5.91 Å². The Hall–Kier alpha value is -2.31. The van der Waals surface area contributed by atoms with E-state index in [-0.39, 0.29) is 18.4 Å². The summed E-state index contributed by atoms with van der Waals surface area (Å²) in [6.07, 6.45) is 1.96. The number of anilines is 1.